The summed E-state index contributed by atoms with van der Waals surface area (Å²) >= 11 is 1.66. The standard InChI is InChI=1S/C18H17N3O2S/c1-11-7-8-14-16(21-12-5-4-6-13(9-12)24-3)15(18(22)23-2)10-19-17(14)20-11/h4-10H,1-3H3,(H,19,20,21). The van der Waals surface area contributed by atoms with Crippen LogP contribution in [0.3, 0.4) is 0 Å². The van der Waals surface area contributed by atoms with Crippen LogP contribution in [0.4, 0.5) is 11.4 Å². The number of carbonyl (C=O) groups is 1. The average molecular weight is 339 g/mol. The van der Waals surface area contributed by atoms with E-state index in [-0.39, 0.29) is 0 Å². The van der Waals surface area contributed by atoms with E-state index in [2.05, 4.69) is 15.3 Å². The second-order valence-corrected chi connectivity index (χ2v) is 6.10. The molecule has 1 aromatic carbocycles. The van der Waals surface area contributed by atoms with Crippen LogP contribution in [0.25, 0.3) is 11.0 Å². The Morgan fingerprint density at radius 1 is 1.25 bits per heavy atom. The van der Waals surface area contributed by atoms with E-state index < -0.39 is 5.97 Å². The molecule has 6 heteroatoms. The van der Waals surface area contributed by atoms with Crippen LogP contribution in [-0.2, 0) is 4.74 Å². The summed E-state index contributed by atoms with van der Waals surface area (Å²) in [4.78, 5) is 22.0. The van der Waals surface area contributed by atoms with Gasteiger partial charge in [-0.3, -0.25) is 0 Å². The van der Waals surface area contributed by atoms with Crippen LogP contribution in [-0.4, -0.2) is 29.3 Å². The lowest BCUT2D eigenvalue weighted by Gasteiger charge is -2.14. The Labute approximate surface area is 144 Å². The third kappa shape index (κ3) is 3.19. The summed E-state index contributed by atoms with van der Waals surface area (Å²) in [5, 5.41) is 4.11. The number of aromatic nitrogens is 2. The molecule has 0 amide bonds. The molecule has 1 N–H and O–H groups in total. The molecule has 3 rings (SSSR count). The van der Waals surface area contributed by atoms with E-state index in [0.717, 1.165) is 21.7 Å². The first kappa shape index (κ1) is 16.3. The van der Waals surface area contributed by atoms with Gasteiger partial charge < -0.3 is 10.1 Å². The third-order valence-electron chi connectivity index (χ3n) is 3.61. The number of esters is 1. The zero-order valence-electron chi connectivity index (χ0n) is 13.7. The maximum atomic E-state index is 12.1. The largest absolute Gasteiger partial charge is 0.465 e. The smallest absolute Gasteiger partial charge is 0.341 e. The van der Waals surface area contributed by atoms with E-state index in [1.807, 2.05) is 49.6 Å². The van der Waals surface area contributed by atoms with E-state index in [1.165, 1.54) is 13.3 Å². The molecule has 0 aliphatic rings. The number of fused-ring (bicyclic) bond motifs is 1. The van der Waals surface area contributed by atoms with E-state index in [1.54, 1.807) is 11.8 Å². The van der Waals surface area contributed by atoms with Crippen molar-refractivity contribution in [1.82, 2.24) is 9.97 Å². The number of carbonyl (C=O) groups excluding carboxylic acids is 1. The van der Waals surface area contributed by atoms with Crippen molar-refractivity contribution >= 4 is 40.1 Å². The van der Waals surface area contributed by atoms with Gasteiger partial charge in [-0.05, 0) is 43.5 Å². The summed E-state index contributed by atoms with van der Waals surface area (Å²) in [5.74, 6) is -0.437. The highest BCUT2D eigenvalue weighted by molar-refractivity contribution is 7.98. The molecule has 0 unspecified atom stereocenters. The number of hydrogen-bond donors (Lipinski definition) is 1. The number of methoxy groups -OCH3 is 1. The minimum Gasteiger partial charge on any atom is -0.465 e. The highest BCUT2D eigenvalue weighted by Gasteiger charge is 2.17. The lowest BCUT2D eigenvalue weighted by atomic mass is 10.1. The SMILES string of the molecule is COC(=O)c1cnc2nc(C)ccc2c1Nc1cccc(SC)c1. The molecule has 0 saturated carbocycles. The van der Waals surface area contributed by atoms with Gasteiger partial charge in [0.1, 0.15) is 5.56 Å². The van der Waals surface area contributed by atoms with Gasteiger partial charge in [0, 0.05) is 27.9 Å². The number of pyridine rings is 2. The number of thioether (sulfide) groups is 1. The van der Waals surface area contributed by atoms with Crippen LogP contribution in [0.2, 0.25) is 0 Å². The summed E-state index contributed by atoms with van der Waals surface area (Å²) < 4.78 is 4.89. The summed E-state index contributed by atoms with van der Waals surface area (Å²) in [6, 6.07) is 11.8. The topological polar surface area (TPSA) is 64.1 Å². The highest BCUT2D eigenvalue weighted by atomic mass is 32.2. The molecule has 0 aliphatic carbocycles. The average Bonchev–Trinajstić information content (AvgIpc) is 2.61. The Balaban J connectivity index is 2.16. The van der Waals surface area contributed by atoms with Crippen molar-refractivity contribution in [3.05, 3.63) is 53.9 Å². The Bertz CT molecular complexity index is 912. The molecule has 122 valence electrons. The molecule has 0 aliphatic heterocycles. The van der Waals surface area contributed by atoms with Crippen molar-refractivity contribution in [1.29, 1.82) is 0 Å². The first-order chi connectivity index (χ1) is 11.6. The van der Waals surface area contributed by atoms with Crippen molar-refractivity contribution < 1.29 is 9.53 Å². The molecular weight excluding hydrogens is 322 g/mol. The minimum atomic E-state index is -0.437. The fourth-order valence-corrected chi connectivity index (χ4v) is 2.88. The highest BCUT2D eigenvalue weighted by Crippen LogP contribution is 2.30. The van der Waals surface area contributed by atoms with Gasteiger partial charge in [0.2, 0.25) is 0 Å². The third-order valence-corrected chi connectivity index (χ3v) is 4.34. The normalized spacial score (nSPS) is 10.6. The molecule has 3 aromatic rings. The minimum absolute atomic E-state index is 0.380. The maximum Gasteiger partial charge on any atom is 0.341 e. The number of hydrogen-bond acceptors (Lipinski definition) is 6. The monoisotopic (exact) mass is 339 g/mol. The predicted octanol–water partition coefficient (Wildman–Crippen LogP) is 4.19. The lowest BCUT2D eigenvalue weighted by Crippen LogP contribution is -2.08. The zero-order valence-corrected chi connectivity index (χ0v) is 14.5. The number of anilines is 2. The van der Waals surface area contributed by atoms with Crippen molar-refractivity contribution in [2.45, 2.75) is 11.8 Å². The molecule has 0 saturated heterocycles. The van der Waals surface area contributed by atoms with Gasteiger partial charge in [0.15, 0.2) is 5.65 Å². The van der Waals surface area contributed by atoms with Gasteiger partial charge >= 0.3 is 5.97 Å². The molecular formula is C18H17N3O2S. The van der Waals surface area contributed by atoms with Crippen LogP contribution >= 0.6 is 11.8 Å². The number of ether oxygens (including phenoxy) is 1. The lowest BCUT2D eigenvalue weighted by molar-refractivity contribution is 0.0601. The van der Waals surface area contributed by atoms with Crippen molar-refractivity contribution in [2.75, 3.05) is 18.7 Å². The van der Waals surface area contributed by atoms with Crippen LogP contribution in [0, 0.1) is 6.92 Å². The number of aryl methyl sites for hydroxylation is 1. The summed E-state index contributed by atoms with van der Waals surface area (Å²) in [7, 11) is 1.36. The molecule has 2 aromatic heterocycles. The Hall–Kier alpha value is -2.60. The van der Waals surface area contributed by atoms with Gasteiger partial charge in [-0.15, -0.1) is 11.8 Å². The molecule has 0 bridgehead atoms. The van der Waals surface area contributed by atoms with Crippen LogP contribution in [0.15, 0.2) is 47.5 Å². The van der Waals surface area contributed by atoms with Gasteiger partial charge in [-0.25, -0.2) is 14.8 Å². The van der Waals surface area contributed by atoms with Gasteiger partial charge in [-0.1, -0.05) is 6.07 Å². The number of benzene rings is 1. The number of nitrogens with zero attached hydrogens (tertiary/aromatic N) is 2. The van der Waals surface area contributed by atoms with E-state index >= 15 is 0 Å². The first-order valence-electron chi connectivity index (χ1n) is 7.38. The number of rotatable bonds is 4. The molecule has 0 spiro atoms. The molecule has 5 nitrogen and oxygen atoms in total. The van der Waals surface area contributed by atoms with Crippen molar-refractivity contribution in [3.63, 3.8) is 0 Å². The molecule has 0 fully saturated rings. The van der Waals surface area contributed by atoms with Crippen LogP contribution < -0.4 is 5.32 Å². The quantitative estimate of drug-likeness (QED) is 0.568. The summed E-state index contributed by atoms with van der Waals surface area (Å²) in [5.41, 5.74) is 3.38. The Morgan fingerprint density at radius 3 is 2.83 bits per heavy atom. The first-order valence-corrected chi connectivity index (χ1v) is 8.60. The summed E-state index contributed by atoms with van der Waals surface area (Å²) in [6.45, 7) is 1.91. The van der Waals surface area contributed by atoms with E-state index in [4.69, 9.17) is 4.74 Å². The van der Waals surface area contributed by atoms with Gasteiger partial charge in [0.25, 0.3) is 0 Å². The van der Waals surface area contributed by atoms with Crippen molar-refractivity contribution in [3.8, 4) is 0 Å². The molecule has 24 heavy (non-hydrogen) atoms. The second-order valence-electron chi connectivity index (χ2n) is 5.22. The Kier molecular flexibility index (Phi) is 4.66. The maximum absolute atomic E-state index is 12.1. The van der Waals surface area contributed by atoms with E-state index in [0.29, 0.717) is 16.9 Å². The van der Waals surface area contributed by atoms with Gasteiger partial charge in [-0.2, -0.15) is 0 Å². The zero-order chi connectivity index (χ0) is 17.1. The Morgan fingerprint density at radius 2 is 2.08 bits per heavy atom. The van der Waals surface area contributed by atoms with Crippen LogP contribution in [0.1, 0.15) is 16.1 Å². The number of nitrogens with one attached hydrogen (secondary N) is 1. The molecule has 0 radical (unpaired) electrons. The molecule has 0 atom stereocenters. The second kappa shape index (κ2) is 6.88. The van der Waals surface area contributed by atoms with Crippen molar-refractivity contribution in [2.24, 2.45) is 0 Å². The van der Waals surface area contributed by atoms with Gasteiger partial charge in [0.05, 0.1) is 12.8 Å². The molecule has 2 heterocycles. The predicted molar refractivity (Wildman–Crippen MR) is 97.1 cm³/mol. The fourth-order valence-electron chi connectivity index (χ4n) is 2.42. The van der Waals surface area contributed by atoms with E-state index in [9.17, 15) is 4.79 Å². The van der Waals surface area contributed by atoms with Crippen LogP contribution in [0.5, 0.6) is 0 Å². The fraction of sp³-hybridized carbons (Fsp3) is 0.167. The summed E-state index contributed by atoms with van der Waals surface area (Å²) in [6.07, 6.45) is 3.52.